The van der Waals surface area contributed by atoms with Crippen LogP contribution in [0.3, 0.4) is 0 Å². The highest BCUT2D eigenvalue weighted by atomic mass is 32.1. The zero-order valence-corrected chi connectivity index (χ0v) is 13.0. The van der Waals surface area contributed by atoms with Crippen molar-refractivity contribution in [2.45, 2.75) is 31.7 Å². The molecule has 1 aliphatic carbocycles. The molecule has 2 fully saturated rings. The molecule has 5 heteroatoms. The van der Waals surface area contributed by atoms with Crippen molar-refractivity contribution in [3.63, 3.8) is 0 Å². The topological polar surface area (TPSA) is 41.6 Å². The van der Waals surface area contributed by atoms with Crippen LogP contribution in [0.15, 0.2) is 24.3 Å². The predicted octanol–water partition coefficient (Wildman–Crippen LogP) is 2.76. The molecule has 3 rings (SSSR count). The first kappa shape index (κ1) is 14.3. The van der Waals surface area contributed by atoms with Gasteiger partial charge in [-0.25, -0.2) is 4.79 Å². The number of hydrogen-bond acceptors (Lipinski definition) is 3. The van der Waals surface area contributed by atoms with Crippen molar-refractivity contribution >= 4 is 23.2 Å². The van der Waals surface area contributed by atoms with E-state index in [1.54, 1.807) is 7.11 Å². The highest BCUT2D eigenvalue weighted by Gasteiger charge is 2.41. The molecule has 1 saturated heterocycles. The van der Waals surface area contributed by atoms with Gasteiger partial charge in [0.25, 0.3) is 0 Å². The van der Waals surface area contributed by atoms with Crippen LogP contribution < -0.4 is 10.1 Å². The minimum atomic E-state index is -0.0309. The Morgan fingerprint density at radius 2 is 2.10 bits per heavy atom. The van der Waals surface area contributed by atoms with E-state index in [-0.39, 0.29) is 6.03 Å². The number of hydrogen-bond donors (Lipinski definition) is 1. The van der Waals surface area contributed by atoms with Crippen LogP contribution in [0.5, 0.6) is 5.75 Å². The Morgan fingerprint density at radius 3 is 2.81 bits per heavy atom. The molecule has 1 heterocycles. The Morgan fingerprint density at radius 1 is 1.33 bits per heavy atom. The third-order valence-corrected chi connectivity index (χ3v) is 4.91. The zero-order valence-electron chi connectivity index (χ0n) is 12.2. The van der Waals surface area contributed by atoms with Crippen LogP contribution in [0, 0.1) is 5.92 Å². The lowest BCUT2D eigenvalue weighted by molar-refractivity contribution is 0.164. The first-order valence-electron chi connectivity index (χ1n) is 7.43. The largest absolute Gasteiger partial charge is 0.497 e. The van der Waals surface area contributed by atoms with Gasteiger partial charge in [-0.3, -0.25) is 0 Å². The predicted molar refractivity (Wildman–Crippen MR) is 85.7 cm³/mol. The van der Waals surface area contributed by atoms with E-state index in [4.69, 9.17) is 17.0 Å². The molecule has 4 nitrogen and oxygen atoms in total. The molecule has 1 saturated carbocycles. The molecule has 21 heavy (non-hydrogen) atoms. The number of carbonyl (C=O) groups is 1. The maximum absolute atomic E-state index is 12.2. The van der Waals surface area contributed by atoms with Gasteiger partial charge in [-0.15, -0.1) is 0 Å². The summed E-state index contributed by atoms with van der Waals surface area (Å²) < 4.78 is 5.16. The number of carbonyl (C=O) groups excluding carboxylic acids is 1. The van der Waals surface area contributed by atoms with Gasteiger partial charge in [0.1, 0.15) is 5.75 Å². The number of nitrogens with zero attached hydrogens (tertiary/aromatic N) is 1. The molecule has 112 valence electrons. The van der Waals surface area contributed by atoms with Crippen molar-refractivity contribution in [2.75, 3.05) is 13.7 Å². The summed E-state index contributed by atoms with van der Waals surface area (Å²) in [5.74, 6) is 1.21. The maximum atomic E-state index is 12.2. The summed E-state index contributed by atoms with van der Waals surface area (Å²) in [6.07, 6.45) is 4.18. The first-order valence-corrected chi connectivity index (χ1v) is 7.84. The summed E-state index contributed by atoms with van der Waals surface area (Å²) in [6, 6.07) is 8.29. The highest BCUT2D eigenvalue weighted by molar-refractivity contribution is 7.80. The van der Waals surface area contributed by atoms with Crippen LogP contribution in [0.1, 0.15) is 24.8 Å². The molecule has 1 aromatic rings. The van der Waals surface area contributed by atoms with Gasteiger partial charge in [-0.1, -0.05) is 30.8 Å². The van der Waals surface area contributed by atoms with Gasteiger partial charge in [-0.2, -0.15) is 0 Å². The SMILES string of the molecule is COc1ccc(CCN2C(=O)NC(=S)C3CCCC32)cc1. The third-order valence-electron chi connectivity index (χ3n) is 4.51. The normalized spacial score (nSPS) is 24.7. The Kier molecular flexibility index (Phi) is 4.10. The molecule has 2 amide bonds. The van der Waals surface area contributed by atoms with Crippen molar-refractivity contribution in [2.24, 2.45) is 5.92 Å². The Balaban J connectivity index is 1.65. The van der Waals surface area contributed by atoms with Crippen LogP contribution in [-0.4, -0.2) is 35.6 Å². The molecule has 1 aliphatic heterocycles. The van der Waals surface area contributed by atoms with E-state index in [2.05, 4.69) is 17.4 Å². The van der Waals surface area contributed by atoms with Crippen molar-refractivity contribution in [1.29, 1.82) is 0 Å². The smallest absolute Gasteiger partial charge is 0.322 e. The number of fused-ring (bicyclic) bond motifs is 1. The highest BCUT2D eigenvalue weighted by Crippen LogP contribution is 2.33. The van der Waals surface area contributed by atoms with Crippen molar-refractivity contribution in [3.8, 4) is 5.75 Å². The lowest BCUT2D eigenvalue weighted by Crippen LogP contribution is -2.58. The summed E-state index contributed by atoms with van der Waals surface area (Å²) in [6.45, 7) is 0.738. The van der Waals surface area contributed by atoms with E-state index < -0.39 is 0 Å². The van der Waals surface area contributed by atoms with Crippen LogP contribution >= 0.6 is 12.2 Å². The van der Waals surface area contributed by atoms with Gasteiger partial charge >= 0.3 is 6.03 Å². The van der Waals surface area contributed by atoms with Crippen LogP contribution in [0.25, 0.3) is 0 Å². The Labute approximate surface area is 130 Å². The van der Waals surface area contributed by atoms with Crippen molar-refractivity contribution in [3.05, 3.63) is 29.8 Å². The van der Waals surface area contributed by atoms with E-state index in [9.17, 15) is 4.79 Å². The van der Waals surface area contributed by atoms with Crippen molar-refractivity contribution in [1.82, 2.24) is 10.2 Å². The summed E-state index contributed by atoms with van der Waals surface area (Å²) in [5, 5.41) is 2.85. The van der Waals surface area contributed by atoms with Gasteiger partial charge in [0.05, 0.1) is 12.1 Å². The molecule has 1 N–H and O–H groups in total. The number of nitrogens with one attached hydrogen (secondary N) is 1. The Bertz CT molecular complexity index is 544. The van der Waals surface area contributed by atoms with Crippen LogP contribution in [0.4, 0.5) is 4.79 Å². The molecular weight excluding hydrogens is 284 g/mol. The number of benzene rings is 1. The van der Waals surface area contributed by atoms with Crippen molar-refractivity contribution < 1.29 is 9.53 Å². The number of ether oxygens (including phenoxy) is 1. The van der Waals surface area contributed by atoms with Crippen LogP contribution in [-0.2, 0) is 6.42 Å². The average Bonchev–Trinajstić information content (AvgIpc) is 2.97. The molecule has 1 aromatic carbocycles. The number of rotatable bonds is 4. The molecule has 2 aliphatic rings. The average molecular weight is 304 g/mol. The molecule has 0 bridgehead atoms. The number of amides is 2. The second-order valence-electron chi connectivity index (χ2n) is 5.69. The molecule has 0 spiro atoms. The standard InChI is InChI=1S/C16H20N2O2S/c1-20-12-7-5-11(6-8-12)9-10-18-14-4-2-3-13(14)15(21)17-16(18)19/h5-8,13-14H,2-4,9-10H2,1H3,(H,17,19,21). The summed E-state index contributed by atoms with van der Waals surface area (Å²) in [4.78, 5) is 14.9. The lowest BCUT2D eigenvalue weighted by atomic mass is 9.99. The molecule has 2 unspecified atom stereocenters. The summed E-state index contributed by atoms with van der Waals surface area (Å²) >= 11 is 5.31. The number of urea groups is 1. The minimum absolute atomic E-state index is 0.0309. The fourth-order valence-electron chi connectivity index (χ4n) is 3.35. The molecule has 2 atom stereocenters. The Hall–Kier alpha value is -1.62. The second kappa shape index (κ2) is 6.02. The fraction of sp³-hybridized carbons (Fsp3) is 0.500. The fourth-order valence-corrected chi connectivity index (χ4v) is 3.71. The number of methoxy groups -OCH3 is 1. The zero-order chi connectivity index (χ0) is 14.8. The van der Waals surface area contributed by atoms with E-state index >= 15 is 0 Å². The molecular formula is C16H20N2O2S. The molecule has 0 aromatic heterocycles. The lowest BCUT2D eigenvalue weighted by Gasteiger charge is -2.38. The van der Waals surface area contributed by atoms with Gasteiger partial charge in [0.15, 0.2) is 0 Å². The summed E-state index contributed by atoms with van der Waals surface area (Å²) in [5.41, 5.74) is 1.21. The van der Waals surface area contributed by atoms with Gasteiger partial charge in [0.2, 0.25) is 0 Å². The summed E-state index contributed by atoms with van der Waals surface area (Å²) in [7, 11) is 1.66. The van der Waals surface area contributed by atoms with E-state index in [0.29, 0.717) is 12.0 Å². The number of thiocarbonyl (C=S) groups is 1. The van der Waals surface area contributed by atoms with Gasteiger partial charge < -0.3 is 15.0 Å². The second-order valence-corrected chi connectivity index (χ2v) is 6.13. The van der Waals surface area contributed by atoms with E-state index in [1.165, 1.54) is 5.56 Å². The third kappa shape index (κ3) is 2.88. The maximum Gasteiger partial charge on any atom is 0.322 e. The molecule has 0 radical (unpaired) electrons. The van der Waals surface area contributed by atoms with Gasteiger partial charge in [0, 0.05) is 18.5 Å². The van der Waals surface area contributed by atoms with Crippen LogP contribution in [0.2, 0.25) is 0 Å². The monoisotopic (exact) mass is 304 g/mol. The van der Waals surface area contributed by atoms with E-state index in [0.717, 1.165) is 43.0 Å². The van der Waals surface area contributed by atoms with Gasteiger partial charge in [-0.05, 0) is 37.0 Å². The first-order chi connectivity index (χ1) is 10.2. The van der Waals surface area contributed by atoms with E-state index in [1.807, 2.05) is 17.0 Å². The quantitative estimate of drug-likeness (QED) is 0.870. The minimum Gasteiger partial charge on any atom is -0.497 e.